The highest BCUT2D eigenvalue weighted by atomic mass is 16.6. The minimum atomic E-state index is -0.657. The summed E-state index contributed by atoms with van der Waals surface area (Å²) in [4.78, 5) is 35.6. The number of amides is 3. The second kappa shape index (κ2) is 11.7. The van der Waals surface area contributed by atoms with Crippen molar-refractivity contribution in [1.29, 1.82) is 0 Å². The summed E-state index contributed by atoms with van der Waals surface area (Å²) in [5.41, 5.74) is 1.71. The fourth-order valence-corrected chi connectivity index (χ4v) is 2.59. The van der Waals surface area contributed by atoms with Crippen LogP contribution in [0, 0.1) is 6.92 Å². The standard InChI is InChI=1S/C24H31N3O5/c1-17-7-13-20(14-8-17)31-15-5-6-21(28)26-18-9-11-19(12-10-18)27-22(29)16-25-23(30)32-24(2,3)4/h7-14H,5-6,15-16H2,1-4H3,(H,25,30)(H,26,28)(H,27,29). The Morgan fingerprint density at radius 1 is 0.844 bits per heavy atom. The molecule has 0 radical (unpaired) electrons. The number of aryl methyl sites for hydroxylation is 1. The van der Waals surface area contributed by atoms with E-state index < -0.39 is 11.7 Å². The predicted molar refractivity (Wildman–Crippen MR) is 124 cm³/mol. The number of carbonyl (C=O) groups is 3. The fraction of sp³-hybridized carbons (Fsp3) is 0.375. The third kappa shape index (κ3) is 9.97. The van der Waals surface area contributed by atoms with Gasteiger partial charge in [-0.1, -0.05) is 17.7 Å². The van der Waals surface area contributed by atoms with Crippen molar-refractivity contribution in [3.8, 4) is 5.75 Å². The second-order valence-electron chi connectivity index (χ2n) is 8.29. The minimum absolute atomic E-state index is 0.115. The predicted octanol–water partition coefficient (Wildman–Crippen LogP) is 4.26. The first-order valence-corrected chi connectivity index (χ1v) is 10.5. The molecule has 172 valence electrons. The van der Waals surface area contributed by atoms with Crippen LogP contribution in [0.15, 0.2) is 48.5 Å². The molecule has 0 saturated carbocycles. The molecule has 3 amide bonds. The summed E-state index contributed by atoms with van der Waals surface area (Å²) < 4.78 is 10.7. The molecule has 0 atom stereocenters. The summed E-state index contributed by atoms with van der Waals surface area (Å²) in [7, 11) is 0. The fourth-order valence-electron chi connectivity index (χ4n) is 2.59. The summed E-state index contributed by atoms with van der Waals surface area (Å²) in [6.45, 7) is 7.49. The monoisotopic (exact) mass is 441 g/mol. The molecule has 0 aromatic heterocycles. The van der Waals surface area contributed by atoms with Crippen molar-refractivity contribution in [2.45, 2.75) is 46.1 Å². The van der Waals surface area contributed by atoms with Crippen molar-refractivity contribution in [1.82, 2.24) is 5.32 Å². The van der Waals surface area contributed by atoms with Crippen LogP contribution in [0.4, 0.5) is 16.2 Å². The first kappa shape index (κ1) is 24.7. The molecule has 8 nitrogen and oxygen atoms in total. The van der Waals surface area contributed by atoms with E-state index in [1.165, 1.54) is 5.56 Å². The smallest absolute Gasteiger partial charge is 0.408 e. The first-order chi connectivity index (χ1) is 15.1. The minimum Gasteiger partial charge on any atom is -0.494 e. The number of hydrogen-bond acceptors (Lipinski definition) is 5. The van der Waals surface area contributed by atoms with E-state index in [1.54, 1.807) is 45.0 Å². The van der Waals surface area contributed by atoms with E-state index in [-0.39, 0.29) is 18.4 Å². The average Bonchev–Trinajstić information content (AvgIpc) is 2.71. The van der Waals surface area contributed by atoms with Crippen molar-refractivity contribution in [3.63, 3.8) is 0 Å². The summed E-state index contributed by atoms with van der Waals surface area (Å²) in [5, 5.41) is 7.87. The van der Waals surface area contributed by atoms with Crippen molar-refractivity contribution < 1.29 is 23.9 Å². The maximum absolute atomic E-state index is 12.1. The number of anilines is 2. The van der Waals surface area contributed by atoms with Crippen molar-refractivity contribution in [2.24, 2.45) is 0 Å². The van der Waals surface area contributed by atoms with Gasteiger partial charge in [-0.2, -0.15) is 0 Å². The molecule has 32 heavy (non-hydrogen) atoms. The molecule has 0 saturated heterocycles. The zero-order valence-electron chi connectivity index (χ0n) is 19.0. The number of carbonyl (C=O) groups excluding carboxylic acids is 3. The van der Waals surface area contributed by atoms with Gasteiger partial charge in [0.15, 0.2) is 0 Å². The Balaban J connectivity index is 1.66. The van der Waals surface area contributed by atoms with Crippen LogP contribution in [0.25, 0.3) is 0 Å². The highest BCUT2D eigenvalue weighted by molar-refractivity contribution is 5.94. The lowest BCUT2D eigenvalue weighted by molar-refractivity contribution is -0.116. The molecule has 0 spiro atoms. The molecule has 0 unspecified atom stereocenters. The molecule has 0 aliphatic carbocycles. The molecule has 2 rings (SSSR count). The number of benzene rings is 2. The van der Waals surface area contributed by atoms with Crippen LogP contribution in [-0.4, -0.2) is 36.7 Å². The molecule has 8 heteroatoms. The van der Waals surface area contributed by atoms with E-state index in [9.17, 15) is 14.4 Å². The Kier molecular flexibility index (Phi) is 9.07. The zero-order valence-corrected chi connectivity index (χ0v) is 19.0. The molecule has 0 fully saturated rings. The topological polar surface area (TPSA) is 106 Å². The molecule has 0 bridgehead atoms. The summed E-state index contributed by atoms with van der Waals surface area (Å²) in [6, 6.07) is 14.5. The van der Waals surface area contributed by atoms with Gasteiger partial charge < -0.3 is 25.4 Å². The zero-order chi connectivity index (χ0) is 23.6. The number of hydrogen-bond donors (Lipinski definition) is 3. The number of alkyl carbamates (subject to hydrolysis) is 1. The lowest BCUT2D eigenvalue weighted by Gasteiger charge is -2.19. The summed E-state index contributed by atoms with van der Waals surface area (Å²) >= 11 is 0. The van der Waals surface area contributed by atoms with Gasteiger partial charge >= 0.3 is 6.09 Å². The van der Waals surface area contributed by atoms with Crippen LogP contribution in [0.2, 0.25) is 0 Å². The average molecular weight is 442 g/mol. The van der Waals surface area contributed by atoms with Crippen LogP contribution in [0.5, 0.6) is 5.75 Å². The van der Waals surface area contributed by atoms with Gasteiger partial charge in [-0.25, -0.2) is 4.79 Å². The van der Waals surface area contributed by atoms with Gasteiger partial charge in [0.1, 0.15) is 17.9 Å². The highest BCUT2D eigenvalue weighted by Crippen LogP contribution is 2.15. The summed E-state index contributed by atoms with van der Waals surface area (Å²) in [5.74, 6) is 0.284. The van der Waals surface area contributed by atoms with Gasteiger partial charge in [0.05, 0.1) is 6.61 Å². The van der Waals surface area contributed by atoms with Crippen molar-refractivity contribution >= 4 is 29.3 Å². The SMILES string of the molecule is Cc1ccc(OCCCC(=O)Nc2ccc(NC(=O)CNC(=O)OC(C)(C)C)cc2)cc1. The second-order valence-corrected chi connectivity index (χ2v) is 8.29. The summed E-state index contributed by atoms with van der Waals surface area (Å²) in [6.07, 6.45) is 0.272. The Morgan fingerprint density at radius 2 is 1.41 bits per heavy atom. The first-order valence-electron chi connectivity index (χ1n) is 10.5. The van der Waals surface area contributed by atoms with E-state index >= 15 is 0 Å². The Bertz CT molecular complexity index is 903. The third-order valence-electron chi connectivity index (χ3n) is 4.08. The molecule has 0 heterocycles. The van der Waals surface area contributed by atoms with Crippen LogP contribution in [-0.2, 0) is 14.3 Å². The molecule has 0 aliphatic heterocycles. The Morgan fingerprint density at radius 3 is 1.97 bits per heavy atom. The van der Waals surface area contributed by atoms with Gasteiger partial charge in [0.2, 0.25) is 11.8 Å². The lowest BCUT2D eigenvalue weighted by Crippen LogP contribution is -2.37. The molecule has 2 aromatic carbocycles. The molecular weight excluding hydrogens is 410 g/mol. The van der Waals surface area contributed by atoms with Crippen LogP contribution >= 0.6 is 0 Å². The quantitative estimate of drug-likeness (QED) is 0.504. The molecule has 2 aromatic rings. The maximum Gasteiger partial charge on any atom is 0.408 e. The molecule has 0 aliphatic rings. The van der Waals surface area contributed by atoms with Gasteiger partial charge in [0.25, 0.3) is 0 Å². The van der Waals surface area contributed by atoms with Crippen molar-refractivity contribution in [3.05, 3.63) is 54.1 Å². The van der Waals surface area contributed by atoms with E-state index in [2.05, 4.69) is 16.0 Å². The van der Waals surface area contributed by atoms with Gasteiger partial charge in [-0.05, 0) is 70.5 Å². The van der Waals surface area contributed by atoms with E-state index in [1.807, 2.05) is 31.2 Å². The Labute approximate surface area is 188 Å². The number of ether oxygens (including phenoxy) is 2. The molecule has 3 N–H and O–H groups in total. The van der Waals surface area contributed by atoms with E-state index in [0.717, 1.165) is 5.75 Å². The van der Waals surface area contributed by atoms with Crippen LogP contribution < -0.4 is 20.7 Å². The maximum atomic E-state index is 12.1. The largest absolute Gasteiger partial charge is 0.494 e. The van der Waals surface area contributed by atoms with Gasteiger partial charge in [0, 0.05) is 17.8 Å². The van der Waals surface area contributed by atoms with E-state index in [0.29, 0.717) is 30.8 Å². The van der Waals surface area contributed by atoms with Gasteiger partial charge in [-0.3, -0.25) is 9.59 Å². The third-order valence-corrected chi connectivity index (χ3v) is 4.08. The lowest BCUT2D eigenvalue weighted by atomic mass is 10.2. The normalized spacial score (nSPS) is 10.8. The number of rotatable bonds is 9. The Hall–Kier alpha value is -3.55. The van der Waals surface area contributed by atoms with E-state index in [4.69, 9.17) is 9.47 Å². The van der Waals surface area contributed by atoms with Crippen molar-refractivity contribution in [2.75, 3.05) is 23.8 Å². The van der Waals surface area contributed by atoms with Crippen LogP contribution in [0.1, 0.15) is 39.2 Å². The van der Waals surface area contributed by atoms with Crippen LogP contribution in [0.3, 0.4) is 0 Å². The highest BCUT2D eigenvalue weighted by Gasteiger charge is 2.16. The molecular formula is C24H31N3O5. The van der Waals surface area contributed by atoms with Gasteiger partial charge in [-0.15, -0.1) is 0 Å². The number of nitrogens with one attached hydrogen (secondary N) is 3.